The van der Waals surface area contributed by atoms with Gasteiger partial charge >= 0.3 is 5.97 Å². The fourth-order valence-electron chi connectivity index (χ4n) is 4.59. The maximum atomic E-state index is 13.2. The number of carbonyl (C=O) groups is 1. The van der Waals surface area contributed by atoms with E-state index in [4.69, 9.17) is 10.8 Å². The van der Waals surface area contributed by atoms with E-state index in [9.17, 15) is 9.90 Å². The van der Waals surface area contributed by atoms with E-state index in [-0.39, 0.29) is 24.3 Å². The van der Waals surface area contributed by atoms with Crippen LogP contribution in [-0.4, -0.2) is 60.0 Å². The van der Waals surface area contributed by atoms with Crippen LogP contribution in [0, 0.1) is 0 Å². The van der Waals surface area contributed by atoms with Crippen molar-refractivity contribution < 1.29 is 25.2 Å². The number of carbonyl (C=O) groups excluding carboxylic acids is 1. The minimum Gasteiger partial charge on any atom is -0.459 e. The van der Waals surface area contributed by atoms with Crippen LogP contribution in [-0.2, 0) is 19.9 Å². The number of aliphatic hydroxyl groups is 1. The summed E-state index contributed by atoms with van der Waals surface area (Å²) in [5, 5.41) is 15.0. The molecule has 3 saturated heterocycles. The number of fused-ring (bicyclic) bond motifs is 5. The van der Waals surface area contributed by atoms with E-state index >= 15 is 0 Å². The molecule has 5 rings (SSSR count). The summed E-state index contributed by atoms with van der Waals surface area (Å²) in [5.74, 6) is -0.761. The van der Waals surface area contributed by atoms with Gasteiger partial charge in [-0.2, -0.15) is 0 Å². The molecule has 3 fully saturated rings. The molecule has 0 aliphatic carbocycles. The molecule has 0 saturated carbocycles. The van der Waals surface area contributed by atoms with Gasteiger partial charge in [0, 0.05) is 12.8 Å². The maximum absolute atomic E-state index is 13.2. The summed E-state index contributed by atoms with van der Waals surface area (Å²) in [6.07, 6.45) is -0.142. The molecule has 2 bridgehead atoms. The van der Waals surface area contributed by atoms with E-state index < -0.39 is 17.7 Å². The molecule has 3 aliphatic heterocycles. The summed E-state index contributed by atoms with van der Waals surface area (Å²) in [6, 6.07) is 7.36. The van der Waals surface area contributed by atoms with Crippen LogP contribution >= 0.6 is 22.7 Å². The lowest BCUT2D eigenvalue weighted by atomic mass is 9.95. The molecule has 4 unspecified atom stereocenters. The van der Waals surface area contributed by atoms with Crippen molar-refractivity contribution in [1.29, 1.82) is 0 Å². The lowest BCUT2D eigenvalue weighted by Crippen LogP contribution is -2.60. The standard InChI is InChI=1S/C19H22NO4S2/c1-20(2)12-9-11(10-13(20)17-16(12)24-17)23-18(21)19(22,14-5-3-7-25-14)15-6-4-8-26-15/h3-8,11-13,16-17,22H,9-10H2,1-2H3/q+1/i11D. The molecule has 4 atom stereocenters. The van der Waals surface area contributed by atoms with E-state index in [1.165, 1.54) is 22.7 Å². The Morgan fingerprint density at radius 3 is 2.23 bits per heavy atom. The van der Waals surface area contributed by atoms with E-state index in [1.807, 2.05) is 10.8 Å². The zero-order valence-electron chi connectivity index (χ0n) is 15.6. The summed E-state index contributed by atoms with van der Waals surface area (Å²) in [7, 11) is 4.33. The maximum Gasteiger partial charge on any atom is 0.349 e. The zero-order chi connectivity index (χ0) is 19.0. The first-order valence-corrected chi connectivity index (χ1v) is 10.5. The van der Waals surface area contributed by atoms with Crippen LogP contribution in [0.2, 0.25) is 0 Å². The summed E-state index contributed by atoms with van der Waals surface area (Å²) in [6.45, 7) is 0. The Labute approximate surface area is 161 Å². The number of morpholine rings is 1. The highest BCUT2D eigenvalue weighted by Crippen LogP contribution is 2.52. The Kier molecular flexibility index (Phi) is 3.41. The Morgan fingerprint density at radius 2 is 1.77 bits per heavy atom. The minimum absolute atomic E-state index is 0.149. The quantitative estimate of drug-likeness (QED) is 0.492. The molecule has 138 valence electrons. The molecule has 2 aromatic heterocycles. The van der Waals surface area contributed by atoms with Crippen LogP contribution < -0.4 is 0 Å². The van der Waals surface area contributed by atoms with Gasteiger partial charge in [0.1, 0.15) is 30.4 Å². The Bertz CT molecular complexity index is 812. The Hall–Kier alpha value is -1.25. The molecular formula is C19H22NO4S2+. The molecule has 0 aromatic carbocycles. The molecule has 1 N–H and O–H groups in total. The Balaban J connectivity index is 1.44. The highest BCUT2D eigenvalue weighted by Gasteiger charge is 2.71. The van der Waals surface area contributed by atoms with Gasteiger partial charge < -0.3 is 19.1 Å². The molecule has 0 amide bonds. The molecule has 5 heterocycles. The normalized spacial score (nSPS) is 37.7. The van der Waals surface area contributed by atoms with E-state index in [0.717, 1.165) is 4.48 Å². The molecule has 7 heteroatoms. The van der Waals surface area contributed by atoms with Gasteiger partial charge in [0.15, 0.2) is 0 Å². The van der Waals surface area contributed by atoms with Crippen molar-refractivity contribution in [2.75, 3.05) is 14.1 Å². The number of likely N-dealkylation sites (N-methyl/N-ethyl adjacent to an activating group) is 1. The molecule has 26 heavy (non-hydrogen) atoms. The van der Waals surface area contributed by atoms with Crippen molar-refractivity contribution >= 4 is 28.6 Å². The zero-order valence-corrected chi connectivity index (χ0v) is 16.3. The van der Waals surface area contributed by atoms with E-state index in [0.29, 0.717) is 22.6 Å². The van der Waals surface area contributed by atoms with Crippen molar-refractivity contribution in [3.05, 3.63) is 44.8 Å². The lowest BCUT2D eigenvalue weighted by Gasteiger charge is -2.45. The van der Waals surface area contributed by atoms with Crippen LogP contribution in [0.1, 0.15) is 24.0 Å². The minimum atomic E-state index is -1.86. The van der Waals surface area contributed by atoms with Crippen LogP contribution in [0.25, 0.3) is 0 Å². The van der Waals surface area contributed by atoms with Gasteiger partial charge in [-0.05, 0) is 22.9 Å². The average Bonchev–Trinajstić information content (AvgIpc) is 3.00. The second kappa shape index (κ2) is 5.62. The van der Waals surface area contributed by atoms with Gasteiger partial charge in [-0.1, -0.05) is 12.1 Å². The first kappa shape index (κ1) is 15.8. The lowest BCUT2D eigenvalue weighted by molar-refractivity contribution is -0.938. The van der Waals surface area contributed by atoms with Crippen LogP contribution in [0.5, 0.6) is 0 Å². The number of nitrogens with zero attached hydrogens (tertiary/aromatic N) is 1. The number of esters is 1. The van der Waals surface area contributed by atoms with Crippen LogP contribution in [0.15, 0.2) is 35.0 Å². The summed E-state index contributed by atoms with van der Waals surface area (Å²) < 4.78 is 21.2. The number of piperidine rings is 1. The Morgan fingerprint density at radius 1 is 1.23 bits per heavy atom. The molecule has 0 radical (unpaired) electrons. The average molecular weight is 394 g/mol. The van der Waals surface area contributed by atoms with Gasteiger partial charge in [0.25, 0.3) is 0 Å². The van der Waals surface area contributed by atoms with Crippen molar-refractivity contribution in [2.45, 2.75) is 48.8 Å². The van der Waals surface area contributed by atoms with Gasteiger partial charge in [0.05, 0.1) is 25.2 Å². The van der Waals surface area contributed by atoms with Crippen molar-refractivity contribution in [2.24, 2.45) is 0 Å². The second-order valence-corrected chi connectivity index (χ2v) is 9.73. The second-order valence-electron chi connectivity index (χ2n) is 7.83. The molecule has 2 aromatic rings. The molecule has 3 aliphatic rings. The van der Waals surface area contributed by atoms with E-state index in [1.54, 1.807) is 24.3 Å². The topological polar surface area (TPSA) is 59.1 Å². The van der Waals surface area contributed by atoms with E-state index in [2.05, 4.69) is 14.1 Å². The molecular weight excluding hydrogens is 370 g/mol. The summed E-state index contributed by atoms with van der Waals surface area (Å²) in [4.78, 5) is 14.2. The number of hydrogen-bond donors (Lipinski definition) is 1. The van der Waals surface area contributed by atoms with Crippen molar-refractivity contribution in [1.82, 2.24) is 0 Å². The van der Waals surface area contributed by atoms with Crippen molar-refractivity contribution in [3.8, 4) is 0 Å². The van der Waals surface area contributed by atoms with Crippen molar-refractivity contribution in [3.63, 3.8) is 0 Å². The summed E-state index contributed by atoms with van der Waals surface area (Å²) >= 11 is 2.62. The van der Waals surface area contributed by atoms with Gasteiger partial charge in [-0.3, -0.25) is 0 Å². The third-order valence-electron chi connectivity index (χ3n) is 6.19. The number of quaternary nitrogens is 1. The van der Waals surface area contributed by atoms with Gasteiger partial charge in [-0.25, -0.2) is 4.79 Å². The monoisotopic (exact) mass is 393 g/mol. The first-order valence-electron chi connectivity index (χ1n) is 9.28. The predicted octanol–water partition coefficient (Wildman–Crippen LogP) is 2.35. The van der Waals surface area contributed by atoms with Gasteiger partial charge in [-0.15, -0.1) is 22.7 Å². The highest BCUT2D eigenvalue weighted by atomic mass is 32.1. The number of hydrogen-bond acceptors (Lipinski definition) is 6. The number of epoxide rings is 1. The smallest absolute Gasteiger partial charge is 0.349 e. The number of ether oxygens (including phenoxy) is 2. The SMILES string of the molecule is [2H]C1(OC(=O)C(O)(c2cccs2)c2cccs2)CC2C3OC3C(C1)[N+]2(C)C. The third-order valence-corrected chi connectivity index (χ3v) is 8.15. The summed E-state index contributed by atoms with van der Waals surface area (Å²) in [5.41, 5.74) is -1.86. The first-order chi connectivity index (χ1) is 12.8. The number of rotatable bonds is 4. The fraction of sp³-hybridized carbons (Fsp3) is 0.526. The van der Waals surface area contributed by atoms with Gasteiger partial charge in [0.2, 0.25) is 5.60 Å². The van der Waals surface area contributed by atoms with Crippen LogP contribution in [0.3, 0.4) is 0 Å². The van der Waals surface area contributed by atoms with Crippen LogP contribution in [0.4, 0.5) is 0 Å². The molecule has 5 nitrogen and oxygen atoms in total. The molecule has 0 spiro atoms. The predicted molar refractivity (Wildman–Crippen MR) is 99.1 cm³/mol. The third kappa shape index (κ3) is 2.28. The fourth-order valence-corrected chi connectivity index (χ4v) is 6.31. The highest BCUT2D eigenvalue weighted by molar-refractivity contribution is 7.12. The number of thiophene rings is 2. The largest absolute Gasteiger partial charge is 0.459 e.